The maximum Gasteiger partial charge on any atom is 0.265 e. The standard InChI is InChI=1S/C13H12FN3O2/c1-17-7-10(6-15-17)16-13(18)12-5-8-4-9(14)2-3-11(8)19-12/h2-4,6-7,12H,5H2,1H3,(H,16,18). The summed E-state index contributed by atoms with van der Waals surface area (Å²) in [6, 6.07) is 4.26. The van der Waals surface area contributed by atoms with Gasteiger partial charge in [0.05, 0.1) is 11.9 Å². The van der Waals surface area contributed by atoms with Crippen molar-refractivity contribution in [2.24, 2.45) is 7.05 Å². The van der Waals surface area contributed by atoms with Gasteiger partial charge in [-0.3, -0.25) is 9.48 Å². The molecule has 0 bridgehead atoms. The predicted molar refractivity (Wildman–Crippen MR) is 66.4 cm³/mol. The highest BCUT2D eigenvalue weighted by Crippen LogP contribution is 2.29. The molecule has 0 saturated heterocycles. The van der Waals surface area contributed by atoms with Gasteiger partial charge in [-0.25, -0.2) is 4.39 Å². The van der Waals surface area contributed by atoms with Crippen LogP contribution in [0.25, 0.3) is 0 Å². The summed E-state index contributed by atoms with van der Waals surface area (Å²) in [7, 11) is 1.76. The maximum atomic E-state index is 13.1. The van der Waals surface area contributed by atoms with E-state index >= 15 is 0 Å². The highest BCUT2D eigenvalue weighted by Gasteiger charge is 2.29. The SMILES string of the molecule is Cn1cc(NC(=O)C2Cc3cc(F)ccc3O2)cn1. The molecule has 1 aliphatic rings. The number of benzene rings is 1. The van der Waals surface area contributed by atoms with Gasteiger partial charge in [-0.2, -0.15) is 5.10 Å². The zero-order valence-electron chi connectivity index (χ0n) is 10.3. The van der Waals surface area contributed by atoms with Crippen molar-refractivity contribution in [2.75, 3.05) is 5.32 Å². The molecule has 0 spiro atoms. The number of aryl methyl sites for hydroxylation is 1. The summed E-state index contributed by atoms with van der Waals surface area (Å²) in [6.45, 7) is 0. The fourth-order valence-electron chi connectivity index (χ4n) is 2.07. The van der Waals surface area contributed by atoms with Gasteiger partial charge in [0.15, 0.2) is 6.10 Å². The summed E-state index contributed by atoms with van der Waals surface area (Å²) in [5, 5.41) is 6.67. The zero-order valence-corrected chi connectivity index (χ0v) is 10.3. The minimum Gasteiger partial charge on any atom is -0.480 e. The van der Waals surface area contributed by atoms with Gasteiger partial charge in [0.1, 0.15) is 11.6 Å². The van der Waals surface area contributed by atoms with E-state index in [0.29, 0.717) is 23.4 Å². The molecule has 1 amide bonds. The molecule has 6 heteroatoms. The number of rotatable bonds is 2. The lowest BCUT2D eigenvalue weighted by Crippen LogP contribution is -2.31. The molecule has 0 aliphatic carbocycles. The smallest absolute Gasteiger partial charge is 0.265 e. The zero-order chi connectivity index (χ0) is 13.4. The van der Waals surface area contributed by atoms with Gasteiger partial charge in [-0.1, -0.05) is 0 Å². The van der Waals surface area contributed by atoms with Crippen molar-refractivity contribution in [3.05, 3.63) is 42.0 Å². The van der Waals surface area contributed by atoms with E-state index in [-0.39, 0.29) is 11.7 Å². The Morgan fingerprint density at radius 1 is 1.58 bits per heavy atom. The number of hydrogen-bond acceptors (Lipinski definition) is 3. The molecule has 2 heterocycles. The summed E-state index contributed by atoms with van der Waals surface area (Å²) in [4.78, 5) is 12.0. The average molecular weight is 261 g/mol. The van der Waals surface area contributed by atoms with Crippen LogP contribution < -0.4 is 10.1 Å². The van der Waals surface area contributed by atoms with Crippen molar-refractivity contribution in [3.63, 3.8) is 0 Å². The summed E-state index contributed by atoms with van der Waals surface area (Å²) in [5.41, 5.74) is 1.32. The number of amides is 1. The first-order valence-corrected chi connectivity index (χ1v) is 5.86. The number of carbonyl (C=O) groups is 1. The molecule has 5 nitrogen and oxygen atoms in total. The van der Waals surface area contributed by atoms with Crippen molar-refractivity contribution in [3.8, 4) is 5.75 Å². The molecule has 3 rings (SSSR count). The van der Waals surface area contributed by atoms with Crippen molar-refractivity contribution in [1.29, 1.82) is 0 Å². The van der Waals surface area contributed by atoms with E-state index in [1.165, 1.54) is 12.1 Å². The molecule has 0 saturated carbocycles. The van der Waals surface area contributed by atoms with E-state index in [1.807, 2.05) is 0 Å². The Bertz CT molecular complexity index is 639. The number of hydrogen-bond donors (Lipinski definition) is 1. The summed E-state index contributed by atoms with van der Waals surface area (Å²) in [5.74, 6) is -0.0204. The van der Waals surface area contributed by atoms with Gasteiger partial charge in [-0.15, -0.1) is 0 Å². The van der Waals surface area contributed by atoms with E-state index in [9.17, 15) is 9.18 Å². The number of nitrogens with one attached hydrogen (secondary N) is 1. The molecule has 0 fully saturated rings. The molecular weight excluding hydrogens is 249 g/mol. The lowest BCUT2D eigenvalue weighted by molar-refractivity contribution is -0.122. The Labute approximate surface area is 109 Å². The van der Waals surface area contributed by atoms with Crippen LogP contribution in [0.5, 0.6) is 5.75 Å². The number of anilines is 1. The van der Waals surface area contributed by atoms with Crippen LogP contribution in [-0.4, -0.2) is 21.8 Å². The Hall–Kier alpha value is -2.37. The first-order chi connectivity index (χ1) is 9.11. The fourth-order valence-corrected chi connectivity index (χ4v) is 2.07. The highest BCUT2D eigenvalue weighted by atomic mass is 19.1. The lowest BCUT2D eigenvalue weighted by atomic mass is 10.1. The highest BCUT2D eigenvalue weighted by molar-refractivity contribution is 5.94. The fraction of sp³-hybridized carbons (Fsp3) is 0.231. The molecule has 1 aromatic carbocycles. The third-order valence-corrected chi connectivity index (χ3v) is 2.96. The van der Waals surface area contributed by atoms with Crippen LogP contribution in [0.3, 0.4) is 0 Å². The molecule has 1 aliphatic heterocycles. The van der Waals surface area contributed by atoms with Crippen LogP contribution in [0.2, 0.25) is 0 Å². The van der Waals surface area contributed by atoms with Crippen molar-refractivity contribution in [2.45, 2.75) is 12.5 Å². The Kier molecular flexibility index (Phi) is 2.70. The molecule has 1 atom stereocenters. The Balaban J connectivity index is 1.70. The summed E-state index contributed by atoms with van der Waals surface area (Å²) < 4.78 is 20.2. The number of halogens is 1. The summed E-state index contributed by atoms with van der Waals surface area (Å²) >= 11 is 0. The van der Waals surface area contributed by atoms with Gasteiger partial charge < -0.3 is 10.1 Å². The Morgan fingerprint density at radius 2 is 2.42 bits per heavy atom. The quantitative estimate of drug-likeness (QED) is 0.891. The number of aromatic nitrogens is 2. The van der Waals surface area contributed by atoms with Gasteiger partial charge in [0, 0.05) is 25.2 Å². The van der Waals surface area contributed by atoms with Crippen LogP contribution in [0.15, 0.2) is 30.6 Å². The second-order valence-electron chi connectivity index (χ2n) is 4.45. The van der Waals surface area contributed by atoms with Crippen molar-refractivity contribution in [1.82, 2.24) is 9.78 Å². The summed E-state index contributed by atoms with van der Waals surface area (Å²) in [6.07, 6.45) is 3.00. The van der Waals surface area contributed by atoms with Gasteiger partial charge in [0.25, 0.3) is 5.91 Å². The number of fused-ring (bicyclic) bond motifs is 1. The third-order valence-electron chi connectivity index (χ3n) is 2.96. The third kappa shape index (κ3) is 2.29. The second kappa shape index (κ2) is 4.38. The molecule has 98 valence electrons. The maximum absolute atomic E-state index is 13.1. The van der Waals surface area contributed by atoms with Crippen LogP contribution >= 0.6 is 0 Å². The molecular formula is C13H12FN3O2. The molecule has 0 radical (unpaired) electrons. The topological polar surface area (TPSA) is 56.2 Å². The first-order valence-electron chi connectivity index (χ1n) is 5.86. The number of carbonyl (C=O) groups excluding carboxylic acids is 1. The molecule has 19 heavy (non-hydrogen) atoms. The van der Waals surface area contributed by atoms with Crippen LogP contribution in [0.1, 0.15) is 5.56 Å². The molecule has 2 aromatic rings. The minimum absolute atomic E-state index is 0.260. The average Bonchev–Trinajstić information content (AvgIpc) is 2.95. The van der Waals surface area contributed by atoms with E-state index < -0.39 is 6.10 Å². The Morgan fingerprint density at radius 3 is 3.16 bits per heavy atom. The van der Waals surface area contributed by atoms with E-state index in [1.54, 1.807) is 30.2 Å². The number of ether oxygens (including phenoxy) is 1. The second-order valence-corrected chi connectivity index (χ2v) is 4.45. The van der Waals surface area contributed by atoms with Crippen molar-refractivity contribution < 1.29 is 13.9 Å². The largest absolute Gasteiger partial charge is 0.480 e. The van der Waals surface area contributed by atoms with Gasteiger partial charge in [-0.05, 0) is 18.2 Å². The lowest BCUT2D eigenvalue weighted by Gasteiger charge is -2.09. The molecule has 1 aromatic heterocycles. The number of nitrogens with zero attached hydrogens (tertiary/aromatic N) is 2. The first kappa shape index (κ1) is 11.7. The van der Waals surface area contributed by atoms with Crippen LogP contribution in [0.4, 0.5) is 10.1 Å². The van der Waals surface area contributed by atoms with Crippen molar-refractivity contribution >= 4 is 11.6 Å². The van der Waals surface area contributed by atoms with E-state index in [4.69, 9.17) is 4.74 Å². The molecule has 1 N–H and O–H groups in total. The molecule has 1 unspecified atom stereocenters. The van der Waals surface area contributed by atoms with Crippen LogP contribution in [0, 0.1) is 5.82 Å². The minimum atomic E-state index is -0.628. The van der Waals surface area contributed by atoms with E-state index in [0.717, 1.165) is 0 Å². The van der Waals surface area contributed by atoms with Gasteiger partial charge >= 0.3 is 0 Å². The van der Waals surface area contributed by atoms with E-state index in [2.05, 4.69) is 10.4 Å². The van der Waals surface area contributed by atoms with Crippen LogP contribution in [-0.2, 0) is 18.3 Å². The monoisotopic (exact) mass is 261 g/mol. The predicted octanol–water partition coefficient (Wildman–Crippen LogP) is 1.50. The normalized spacial score (nSPS) is 16.8. The van der Waals surface area contributed by atoms with Gasteiger partial charge in [0.2, 0.25) is 0 Å².